The summed E-state index contributed by atoms with van der Waals surface area (Å²) in [5.41, 5.74) is 1.67. The van der Waals surface area contributed by atoms with Crippen LogP contribution in [0, 0.1) is 24.5 Å². The highest BCUT2D eigenvalue weighted by Crippen LogP contribution is 2.25. The number of amides is 1. The van der Waals surface area contributed by atoms with Gasteiger partial charge in [0.25, 0.3) is 0 Å². The summed E-state index contributed by atoms with van der Waals surface area (Å²) < 4.78 is 28.3. The quantitative estimate of drug-likeness (QED) is 0.629. The van der Waals surface area contributed by atoms with Crippen molar-refractivity contribution in [3.63, 3.8) is 0 Å². The second-order valence-corrected chi connectivity index (χ2v) is 7.82. The summed E-state index contributed by atoms with van der Waals surface area (Å²) >= 11 is 0. The maximum Gasteiger partial charge on any atom is 0.245 e. The summed E-state index contributed by atoms with van der Waals surface area (Å²) in [5.74, 6) is -1.07. The first-order valence-corrected chi connectivity index (χ1v) is 10.3. The summed E-state index contributed by atoms with van der Waals surface area (Å²) in [7, 11) is 0. The summed E-state index contributed by atoms with van der Waals surface area (Å²) in [6.07, 6.45) is 1.33. The third-order valence-corrected chi connectivity index (χ3v) is 5.65. The molecule has 1 saturated heterocycles. The molecule has 0 bridgehead atoms. The molecule has 2 aromatic carbocycles. The topological polar surface area (TPSA) is 75.9 Å². The SMILES string of the molecule is Cc1nnnn1C(Cc1ccccc1)C(=O)NCC1CCN(c2ccc(F)c(F)c2)C1. The van der Waals surface area contributed by atoms with Crippen LogP contribution in [-0.4, -0.2) is 45.7 Å². The molecule has 7 nitrogen and oxygen atoms in total. The van der Waals surface area contributed by atoms with Gasteiger partial charge >= 0.3 is 0 Å². The van der Waals surface area contributed by atoms with E-state index in [4.69, 9.17) is 0 Å². The van der Waals surface area contributed by atoms with E-state index in [0.717, 1.165) is 24.6 Å². The highest BCUT2D eigenvalue weighted by molar-refractivity contribution is 5.80. The van der Waals surface area contributed by atoms with Crippen molar-refractivity contribution in [1.82, 2.24) is 25.5 Å². The largest absolute Gasteiger partial charge is 0.371 e. The molecule has 2 unspecified atom stereocenters. The lowest BCUT2D eigenvalue weighted by atomic mass is 10.0. The molecule has 0 radical (unpaired) electrons. The normalized spacial score (nSPS) is 17.0. The molecule has 1 aromatic heterocycles. The molecule has 2 heterocycles. The Labute approximate surface area is 179 Å². The molecule has 1 aliphatic heterocycles. The number of aromatic nitrogens is 4. The van der Waals surface area contributed by atoms with Gasteiger partial charge in [0.1, 0.15) is 11.9 Å². The number of hydrogen-bond acceptors (Lipinski definition) is 5. The van der Waals surface area contributed by atoms with Gasteiger partial charge in [0, 0.05) is 37.8 Å². The Morgan fingerprint density at radius 2 is 2.00 bits per heavy atom. The van der Waals surface area contributed by atoms with Gasteiger partial charge < -0.3 is 10.2 Å². The van der Waals surface area contributed by atoms with Gasteiger partial charge in [0.2, 0.25) is 5.91 Å². The zero-order valence-electron chi connectivity index (χ0n) is 17.2. The fourth-order valence-corrected chi connectivity index (χ4v) is 3.93. The number of rotatable bonds is 7. The van der Waals surface area contributed by atoms with Crippen molar-refractivity contribution in [2.45, 2.75) is 25.8 Å². The molecule has 31 heavy (non-hydrogen) atoms. The molecule has 0 spiro atoms. The van der Waals surface area contributed by atoms with Crippen molar-refractivity contribution in [2.24, 2.45) is 5.92 Å². The molecular weight excluding hydrogens is 402 g/mol. The molecule has 4 rings (SSSR count). The number of halogens is 2. The molecule has 9 heteroatoms. The van der Waals surface area contributed by atoms with Gasteiger partial charge in [-0.1, -0.05) is 30.3 Å². The minimum Gasteiger partial charge on any atom is -0.371 e. The minimum absolute atomic E-state index is 0.148. The monoisotopic (exact) mass is 426 g/mol. The lowest BCUT2D eigenvalue weighted by molar-refractivity contribution is -0.124. The molecule has 3 aromatic rings. The van der Waals surface area contributed by atoms with E-state index in [1.54, 1.807) is 17.7 Å². The van der Waals surface area contributed by atoms with Gasteiger partial charge in [-0.15, -0.1) is 5.10 Å². The van der Waals surface area contributed by atoms with E-state index in [2.05, 4.69) is 20.8 Å². The average molecular weight is 426 g/mol. The van der Waals surface area contributed by atoms with Crippen LogP contribution in [0.1, 0.15) is 23.9 Å². The van der Waals surface area contributed by atoms with Gasteiger partial charge in [0.15, 0.2) is 11.6 Å². The maximum absolute atomic E-state index is 13.5. The van der Waals surface area contributed by atoms with Gasteiger partial charge in [-0.3, -0.25) is 4.79 Å². The second-order valence-electron chi connectivity index (χ2n) is 7.82. The van der Waals surface area contributed by atoms with Crippen LogP contribution in [0.15, 0.2) is 48.5 Å². The number of hydrogen-bond donors (Lipinski definition) is 1. The van der Waals surface area contributed by atoms with Crippen LogP contribution in [-0.2, 0) is 11.2 Å². The lowest BCUT2D eigenvalue weighted by Gasteiger charge is -2.21. The predicted octanol–water partition coefficient (Wildman–Crippen LogP) is 2.69. The van der Waals surface area contributed by atoms with Gasteiger partial charge in [0.05, 0.1) is 0 Å². The molecule has 1 N–H and O–H groups in total. The van der Waals surface area contributed by atoms with Gasteiger partial charge in [-0.05, 0) is 47.4 Å². The summed E-state index contributed by atoms with van der Waals surface area (Å²) in [4.78, 5) is 15.1. The van der Waals surface area contributed by atoms with Crippen LogP contribution < -0.4 is 10.2 Å². The zero-order valence-corrected chi connectivity index (χ0v) is 17.2. The first-order valence-electron chi connectivity index (χ1n) is 10.3. The number of tetrazole rings is 1. The first-order chi connectivity index (χ1) is 15.0. The van der Waals surface area contributed by atoms with Crippen LogP contribution >= 0.6 is 0 Å². The van der Waals surface area contributed by atoms with E-state index < -0.39 is 17.7 Å². The Bertz CT molecular complexity index is 1040. The van der Waals surface area contributed by atoms with Crippen LogP contribution in [0.3, 0.4) is 0 Å². The van der Waals surface area contributed by atoms with Crippen molar-refractivity contribution >= 4 is 11.6 Å². The van der Waals surface area contributed by atoms with Crippen LogP contribution in [0.2, 0.25) is 0 Å². The number of benzene rings is 2. The number of carbonyl (C=O) groups is 1. The molecule has 0 aliphatic carbocycles. The summed E-state index contributed by atoms with van der Waals surface area (Å²) in [5, 5.41) is 14.6. The fourth-order valence-electron chi connectivity index (χ4n) is 3.93. The number of aryl methyl sites for hydroxylation is 1. The van der Waals surface area contributed by atoms with Gasteiger partial charge in [-0.2, -0.15) is 0 Å². The highest BCUT2D eigenvalue weighted by atomic mass is 19.2. The number of anilines is 1. The molecule has 0 saturated carbocycles. The molecule has 2 atom stereocenters. The lowest BCUT2D eigenvalue weighted by Crippen LogP contribution is -2.38. The molecule has 1 fully saturated rings. The zero-order chi connectivity index (χ0) is 21.8. The Morgan fingerprint density at radius 1 is 1.19 bits per heavy atom. The van der Waals surface area contributed by atoms with Crippen LogP contribution in [0.5, 0.6) is 0 Å². The molecule has 1 amide bonds. The minimum atomic E-state index is -0.853. The predicted molar refractivity (Wildman–Crippen MR) is 111 cm³/mol. The van der Waals surface area contributed by atoms with Crippen molar-refractivity contribution in [1.29, 1.82) is 0 Å². The number of nitrogens with one attached hydrogen (secondary N) is 1. The maximum atomic E-state index is 13.5. The third kappa shape index (κ3) is 4.87. The van der Waals surface area contributed by atoms with Crippen molar-refractivity contribution in [2.75, 3.05) is 24.5 Å². The Balaban J connectivity index is 1.39. The average Bonchev–Trinajstić information content (AvgIpc) is 3.42. The van der Waals surface area contributed by atoms with Gasteiger partial charge in [-0.25, -0.2) is 13.5 Å². The van der Waals surface area contributed by atoms with E-state index in [1.165, 1.54) is 6.07 Å². The standard InChI is InChI=1S/C22H24F2N6O/c1-15-26-27-28-30(15)21(11-16-5-3-2-4-6-16)22(31)25-13-17-9-10-29(14-17)18-7-8-19(23)20(24)12-18/h2-8,12,17,21H,9-11,13-14H2,1H3,(H,25,31). The van der Waals surface area contributed by atoms with E-state index in [-0.39, 0.29) is 11.8 Å². The molecule has 1 aliphatic rings. The summed E-state index contributed by atoms with van der Waals surface area (Å²) in [6.45, 7) is 3.65. The van der Waals surface area contributed by atoms with Crippen molar-refractivity contribution in [3.8, 4) is 0 Å². The fraction of sp³-hybridized carbons (Fsp3) is 0.364. The third-order valence-electron chi connectivity index (χ3n) is 5.65. The van der Waals surface area contributed by atoms with Crippen LogP contribution in [0.25, 0.3) is 0 Å². The van der Waals surface area contributed by atoms with Crippen molar-refractivity contribution < 1.29 is 13.6 Å². The Hall–Kier alpha value is -3.36. The van der Waals surface area contributed by atoms with Crippen molar-refractivity contribution in [3.05, 3.63) is 71.6 Å². The first kappa shape index (κ1) is 20.9. The Kier molecular flexibility index (Phi) is 6.20. The molecular formula is C22H24F2N6O. The second kappa shape index (κ2) is 9.20. The van der Waals surface area contributed by atoms with Crippen LogP contribution in [0.4, 0.5) is 14.5 Å². The highest BCUT2D eigenvalue weighted by Gasteiger charge is 2.27. The van der Waals surface area contributed by atoms with E-state index >= 15 is 0 Å². The molecule has 162 valence electrons. The number of carbonyl (C=O) groups excluding carboxylic acids is 1. The summed E-state index contributed by atoms with van der Waals surface area (Å²) in [6, 6.07) is 13.1. The van der Waals surface area contributed by atoms with E-state index in [9.17, 15) is 13.6 Å². The smallest absolute Gasteiger partial charge is 0.245 e. The number of nitrogens with zero attached hydrogens (tertiary/aromatic N) is 5. The van der Waals surface area contributed by atoms with E-state index in [0.29, 0.717) is 31.0 Å². The van der Waals surface area contributed by atoms with E-state index in [1.807, 2.05) is 35.2 Å². The Morgan fingerprint density at radius 3 is 2.71 bits per heavy atom.